The molecule has 3 aromatic rings. The van der Waals surface area contributed by atoms with E-state index in [2.05, 4.69) is 25.6 Å². The second kappa shape index (κ2) is 9.84. The summed E-state index contributed by atoms with van der Waals surface area (Å²) >= 11 is 0. The number of aliphatic hydroxyl groups excluding tert-OH is 1. The number of nitrogens with zero attached hydrogens (tertiary/aromatic N) is 3. The largest absolute Gasteiger partial charge is 0.418 e. The van der Waals surface area contributed by atoms with Gasteiger partial charge in [0.05, 0.1) is 40.9 Å². The summed E-state index contributed by atoms with van der Waals surface area (Å²) in [7, 11) is 0. The van der Waals surface area contributed by atoms with Crippen LogP contribution in [-0.2, 0) is 12.4 Å². The highest BCUT2D eigenvalue weighted by Gasteiger charge is 2.38. The lowest BCUT2D eigenvalue weighted by atomic mass is 10.1. The third kappa shape index (κ3) is 6.13. The Labute approximate surface area is 191 Å². The van der Waals surface area contributed by atoms with Crippen LogP contribution < -0.4 is 10.6 Å². The van der Waals surface area contributed by atoms with E-state index in [9.17, 15) is 31.4 Å². The van der Waals surface area contributed by atoms with Gasteiger partial charge in [-0.3, -0.25) is 4.98 Å². The molecular formula is C22H21F6N5O. The molecule has 182 valence electrons. The number of hydrogen-bond acceptors (Lipinski definition) is 6. The quantitative estimate of drug-likeness (QED) is 0.370. The van der Waals surface area contributed by atoms with Crippen LogP contribution in [0.4, 0.5) is 43.8 Å². The van der Waals surface area contributed by atoms with Crippen LogP contribution in [0.3, 0.4) is 0 Å². The zero-order chi connectivity index (χ0) is 25.1. The Kier molecular flexibility index (Phi) is 7.29. The molecule has 34 heavy (non-hydrogen) atoms. The molecule has 2 heterocycles. The van der Waals surface area contributed by atoms with Crippen molar-refractivity contribution in [3.8, 4) is 11.4 Å². The third-order valence-electron chi connectivity index (χ3n) is 4.88. The molecule has 0 saturated heterocycles. The van der Waals surface area contributed by atoms with Gasteiger partial charge in [0, 0.05) is 12.3 Å². The Balaban J connectivity index is 2.08. The lowest BCUT2D eigenvalue weighted by Crippen LogP contribution is -2.30. The van der Waals surface area contributed by atoms with E-state index >= 15 is 0 Å². The average Bonchev–Trinajstić information content (AvgIpc) is 2.76. The first-order chi connectivity index (χ1) is 15.9. The lowest BCUT2D eigenvalue weighted by molar-refractivity contribution is -0.142. The monoisotopic (exact) mass is 485 g/mol. The van der Waals surface area contributed by atoms with E-state index in [0.717, 1.165) is 0 Å². The maximum atomic E-state index is 13.6. The van der Waals surface area contributed by atoms with Gasteiger partial charge in [-0.1, -0.05) is 19.9 Å². The van der Waals surface area contributed by atoms with Gasteiger partial charge in [0.15, 0.2) is 0 Å². The Hall–Kier alpha value is -3.41. The molecule has 3 rings (SSSR count). The fourth-order valence-corrected chi connectivity index (χ4v) is 3.01. The first-order valence-corrected chi connectivity index (χ1v) is 10.1. The van der Waals surface area contributed by atoms with E-state index < -0.39 is 35.2 Å². The molecule has 0 aliphatic carbocycles. The molecule has 0 spiro atoms. The van der Waals surface area contributed by atoms with Gasteiger partial charge >= 0.3 is 12.4 Å². The number of benzene rings is 1. The van der Waals surface area contributed by atoms with Crippen LogP contribution in [0.5, 0.6) is 0 Å². The Morgan fingerprint density at radius 1 is 0.912 bits per heavy atom. The van der Waals surface area contributed by atoms with Crippen molar-refractivity contribution in [2.45, 2.75) is 32.2 Å². The van der Waals surface area contributed by atoms with Gasteiger partial charge in [0.2, 0.25) is 5.95 Å². The second-order valence-corrected chi connectivity index (χ2v) is 7.74. The minimum atomic E-state index is -5.05. The summed E-state index contributed by atoms with van der Waals surface area (Å²) in [6.45, 7) is 3.43. The van der Waals surface area contributed by atoms with Crippen LogP contribution in [-0.4, -0.2) is 32.7 Å². The van der Waals surface area contributed by atoms with Crippen molar-refractivity contribution in [3.63, 3.8) is 0 Å². The van der Waals surface area contributed by atoms with Crippen LogP contribution in [0, 0.1) is 5.92 Å². The first-order valence-electron chi connectivity index (χ1n) is 10.1. The molecule has 0 unspecified atom stereocenters. The van der Waals surface area contributed by atoms with E-state index in [1.165, 1.54) is 12.3 Å². The molecule has 0 radical (unpaired) electrons. The van der Waals surface area contributed by atoms with Crippen molar-refractivity contribution in [2.75, 3.05) is 17.2 Å². The number of pyridine rings is 1. The lowest BCUT2D eigenvalue weighted by Gasteiger charge is -2.21. The molecule has 1 aromatic carbocycles. The number of halogens is 6. The summed E-state index contributed by atoms with van der Waals surface area (Å²) < 4.78 is 79.6. The maximum absolute atomic E-state index is 13.6. The fraction of sp³-hybridized carbons (Fsp3) is 0.318. The van der Waals surface area contributed by atoms with Gasteiger partial charge in [0.25, 0.3) is 0 Å². The molecule has 0 bridgehead atoms. The molecule has 1 atom stereocenters. The van der Waals surface area contributed by atoms with Crippen LogP contribution in [0.15, 0.2) is 48.7 Å². The highest BCUT2D eigenvalue weighted by molar-refractivity contribution is 5.67. The van der Waals surface area contributed by atoms with Crippen molar-refractivity contribution in [1.29, 1.82) is 0 Å². The Bertz CT molecular complexity index is 1120. The summed E-state index contributed by atoms with van der Waals surface area (Å²) in [5.41, 5.74) is -2.89. The van der Waals surface area contributed by atoms with Crippen LogP contribution >= 0.6 is 0 Å². The number of rotatable bonds is 7. The average molecular weight is 485 g/mol. The second-order valence-electron chi connectivity index (χ2n) is 7.74. The first kappa shape index (κ1) is 25.2. The van der Waals surface area contributed by atoms with E-state index in [1.807, 2.05) is 13.8 Å². The number of alkyl halides is 6. The molecule has 12 heteroatoms. The van der Waals surface area contributed by atoms with E-state index in [0.29, 0.717) is 17.8 Å². The molecule has 0 saturated carbocycles. The Morgan fingerprint density at radius 3 is 2.21 bits per heavy atom. The van der Waals surface area contributed by atoms with Crippen LogP contribution in [0.2, 0.25) is 0 Å². The molecule has 0 aliphatic rings. The van der Waals surface area contributed by atoms with E-state index in [-0.39, 0.29) is 36.1 Å². The highest BCUT2D eigenvalue weighted by atomic mass is 19.4. The number of nitrogens with one attached hydrogen (secondary N) is 2. The molecule has 2 aromatic heterocycles. The predicted octanol–water partition coefficient (Wildman–Crippen LogP) is 5.75. The summed E-state index contributed by atoms with van der Waals surface area (Å²) in [5.74, 6) is -0.141. The van der Waals surface area contributed by atoms with Crippen molar-refractivity contribution in [3.05, 3.63) is 59.8 Å². The van der Waals surface area contributed by atoms with Crippen molar-refractivity contribution >= 4 is 17.5 Å². The summed E-state index contributed by atoms with van der Waals surface area (Å²) in [4.78, 5) is 12.7. The molecule has 0 fully saturated rings. The van der Waals surface area contributed by atoms with Gasteiger partial charge in [-0.15, -0.1) is 0 Å². The smallest absolute Gasteiger partial charge is 0.394 e. The zero-order valence-corrected chi connectivity index (χ0v) is 18.0. The predicted molar refractivity (Wildman–Crippen MR) is 114 cm³/mol. The highest BCUT2D eigenvalue weighted by Crippen LogP contribution is 2.40. The number of aromatic nitrogens is 3. The normalized spacial score (nSPS) is 13.1. The number of hydrogen-bond donors (Lipinski definition) is 3. The number of anilines is 3. The molecule has 0 amide bonds. The minimum absolute atomic E-state index is 0.00104. The third-order valence-corrected chi connectivity index (χ3v) is 4.88. The van der Waals surface area contributed by atoms with Gasteiger partial charge in [-0.05, 0) is 36.2 Å². The summed E-state index contributed by atoms with van der Waals surface area (Å²) in [6.07, 6.45) is -8.49. The molecular weight excluding hydrogens is 464 g/mol. The topological polar surface area (TPSA) is 83.0 Å². The standard InChI is InChI=1S/C22H21F6N5O/c1-12(2)18(11-34)32-20-31-17(16-5-3-4-8-29-16)10-19(33-20)30-15-7-6-13(21(23,24)25)9-14(15)22(26,27)28/h3-10,12,18,34H,11H2,1-2H3,(H2,30,31,32,33)/t18-/m0/s1. The van der Waals surface area contributed by atoms with Crippen molar-refractivity contribution < 1.29 is 31.4 Å². The molecule has 3 N–H and O–H groups in total. The molecule has 6 nitrogen and oxygen atoms in total. The van der Waals surface area contributed by atoms with Crippen molar-refractivity contribution in [2.24, 2.45) is 5.92 Å². The maximum Gasteiger partial charge on any atom is 0.418 e. The van der Waals surface area contributed by atoms with Gasteiger partial charge < -0.3 is 15.7 Å². The summed E-state index contributed by atoms with van der Waals surface area (Å²) in [5, 5.41) is 15.0. The van der Waals surface area contributed by atoms with Gasteiger partial charge in [-0.2, -0.15) is 31.3 Å². The minimum Gasteiger partial charge on any atom is -0.394 e. The number of aliphatic hydroxyl groups is 1. The molecule has 0 aliphatic heterocycles. The zero-order valence-electron chi connectivity index (χ0n) is 18.0. The van der Waals surface area contributed by atoms with E-state index in [1.54, 1.807) is 18.2 Å². The SMILES string of the molecule is CC(C)[C@H](CO)Nc1nc(Nc2ccc(C(F)(F)F)cc2C(F)(F)F)cc(-c2ccccn2)n1. The Morgan fingerprint density at radius 2 is 1.65 bits per heavy atom. The van der Waals surface area contributed by atoms with Crippen LogP contribution in [0.25, 0.3) is 11.4 Å². The summed E-state index contributed by atoms with van der Waals surface area (Å²) in [6, 6.07) is 7.15. The van der Waals surface area contributed by atoms with E-state index in [4.69, 9.17) is 0 Å². The van der Waals surface area contributed by atoms with Gasteiger partial charge in [0.1, 0.15) is 5.82 Å². The van der Waals surface area contributed by atoms with Crippen molar-refractivity contribution in [1.82, 2.24) is 15.0 Å². The van der Waals surface area contributed by atoms with Gasteiger partial charge in [-0.25, -0.2) is 4.98 Å². The van der Waals surface area contributed by atoms with Crippen LogP contribution in [0.1, 0.15) is 25.0 Å². The fourth-order valence-electron chi connectivity index (χ4n) is 3.01.